The summed E-state index contributed by atoms with van der Waals surface area (Å²) in [5.41, 5.74) is 2.99. The summed E-state index contributed by atoms with van der Waals surface area (Å²) in [7, 11) is 0. The number of aromatic nitrogens is 2. The number of nitrogens with zero attached hydrogens (tertiary/aromatic N) is 6. The number of carbonyl (C=O) groups is 2. The lowest BCUT2D eigenvalue weighted by Crippen LogP contribution is -2.54. The molecule has 0 aliphatic carbocycles. The molecule has 1 unspecified atom stereocenters. The van der Waals surface area contributed by atoms with Crippen molar-refractivity contribution in [2.45, 2.75) is 31.6 Å². The van der Waals surface area contributed by atoms with Gasteiger partial charge in [0.05, 0.1) is 5.75 Å². The van der Waals surface area contributed by atoms with Crippen molar-refractivity contribution in [3.63, 3.8) is 0 Å². The van der Waals surface area contributed by atoms with Crippen molar-refractivity contribution >= 4 is 41.0 Å². The van der Waals surface area contributed by atoms with E-state index < -0.39 is 0 Å². The van der Waals surface area contributed by atoms with Crippen LogP contribution in [-0.2, 0) is 11.3 Å². The SMILES string of the molecule is Cc1ccc(C(=O)N2CCN(c3cc(Cl)nc(SCC(=O)N4CCN(Cc5ccc6c(c5)OCO6)CC4)n3)CC2C)cc1. The standard InChI is InChI=1S/C31H35ClN6O4S/c1-21-3-6-24(7-4-21)30(40)38-14-13-37(17-22(38)2)28-16-27(32)33-31(34-28)43-19-29(39)36-11-9-35(10-12-36)18-23-5-8-25-26(15-23)42-20-41-25/h3-8,15-16,22H,9-14,17-20H2,1-2H3. The summed E-state index contributed by atoms with van der Waals surface area (Å²) in [6.45, 7) is 9.94. The normalized spacial score (nSPS) is 18.7. The first-order valence-corrected chi connectivity index (χ1v) is 15.9. The highest BCUT2D eigenvalue weighted by Gasteiger charge is 2.29. The van der Waals surface area contributed by atoms with Crippen molar-refractivity contribution in [1.29, 1.82) is 0 Å². The summed E-state index contributed by atoms with van der Waals surface area (Å²) < 4.78 is 10.9. The zero-order valence-corrected chi connectivity index (χ0v) is 25.9. The number of carbonyl (C=O) groups excluding carboxylic acids is 2. The van der Waals surface area contributed by atoms with Gasteiger partial charge in [-0.3, -0.25) is 14.5 Å². The van der Waals surface area contributed by atoms with Crippen molar-refractivity contribution in [3.05, 3.63) is 70.4 Å². The molecule has 2 saturated heterocycles. The molecule has 1 aromatic heterocycles. The van der Waals surface area contributed by atoms with Crippen LogP contribution in [0.15, 0.2) is 53.7 Å². The maximum absolute atomic E-state index is 13.1. The zero-order chi connectivity index (χ0) is 29.9. The molecule has 43 heavy (non-hydrogen) atoms. The van der Waals surface area contributed by atoms with Gasteiger partial charge in [-0.15, -0.1) is 0 Å². The summed E-state index contributed by atoms with van der Waals surface area (Å²) in [4.78, 5) is 43.5. The van der Waals surface area contributed by atoms with Crippen LogP contribution in [0.5, 0.6) is 11.5 Å². The second kappa shape index (κ2) is 13.0. The predicted molar refractivity (Wildman–Crippen MR) is 166 cm³/mol. The van der Waals surface area contributed by atoms with Crippen LogP contribution in [0.3, 0.4) is 0 Å². The second-order valence-corrected chi connectivity index (χ2v) is 12.5. The summed E-state index contributed by atoms with van der Waals surface area (Å²) >= 11 is 7.69. The van der Waals surface area contributed by atoms with Crippen LogP contribution in [-0.4, -0.2) is 101 Å². The molecule has 0 radical (unpaired) electrons. The van der Waals surface area contributed by atoms with Crippen LogP contribution in [0.25, 0.3) is 0 Å². The van der Waals surface area contributed by atoms with E-state index in [9.17, 15) is 9.59 Å². The highest BCUT2D eigenvalue weighted by atomic mass is 35.5. The van der Waals surface area contributed by atoms with Crippen LogP contribution in [0.2, 0.25) is 5.15 Å². The summed E-state index contributed by atoms with van der Waals surface area (Å²) in [5, 5.41) is 0.811. The number of anilines is 1. The zero-order valence-electron chi connectivity index (χ0n) is 24.4. The van der Waals surface area contributed by atoms with Gasteiger partial charge in [-0.25, -0.2) is 9.97 Å². The molecular weight excluding hydrogens is 588 g/mol. The first kappa shape index (κ1) is 29.5. The van der Waals surface area contributed by atoms with Crippen LogP contribution < -0.4 is 14.4 Å². The van der Waals surface area contributed by atoms with Gasteiger partial charge >= 0.3 is 0 Å². The Balaban J connectivity index is 0.990. The lowest BCUT2D eigenvalue weighted by Gasteiger charge is -2.40. The van der Waals surface area contributed by atoms with Crippen LogP contribution in [0.4, 0.5) is 5.82 Å². The third kappa shape index (κ3) is 7.00. The highest BCUT2D eigenvalue weighted by molar-refractivity contribution is 7.99. The van der Waals surface area contributed by atoms with Gasteiger partial charge in [0.15, 0.2) is 16.7 Å². The molecule has 3 aliphatic rings. The number of hydrogen-bond acceptors (Lipinski definition) is 9. The Morgan fingerprint density at radius 3 is 2.49 bits per heavy atom. The third-order valence-corrected chi connectivity index (χ3v) is 9.09. The van der Waals surface area contributed by atoms with Crippen molar-refractivity contribution in [2.75, 3.05) is 63.3 Å². The molecule has 0 saturated carbocycles. The minimum Gasteiger partial charge on any atom is -0.454 e. The molecule has 2 amide bonds. The van der Waals surface area contributed by atoms with E-state index in [0.29, 0.717) is 54.4 Å². The van der Waals surface area contributed by atoms with E-state index in [1.54, 1.807) is 6.07 Å². The topological polar surface area (TPSA) is 91.3 Å². The van der Waals surface area contributed by atoms with Crippen LogP contribution in [0, 0.1) is 6.92 Å². The van der Waals surface area contributed by atoms with Crippen LogP contribution >= 0.6 is 23.4 Å². The molecule has 0 spiro atoms. The highest BCUT2D eigenvalue weighted by Crippen LogP contribution is 2.33. The summed E-state index contributed by atoms with van der Waals surface area (Å²) in [5.74, 6) is 2.64. The molecule has 2 fully saturated rings. The predicted octanol–water partition coefficient (Wildman–Crippen LogP) is 3.95. The van der Waals surface area contributed by atoms with Gasteiger partial charge in [-0.1, -0.05) is 47.1 Å². The molecule has 0 bridgehead atoms. The Morgan fingerprint density at radius 1 is 0.953 bits per heavy atom. The first-order valence-electron chi connectivity index (χ1n) is 14.5. The molecule has 226 valence electrons. The lowest BCUT2D eigenvalue weighted by atomic mass is 10.1. The number of amides is 2. The Bertz CT molecular complexity index is 1480. The van der Waals surface area contributed by atoms with Crippen molar-refractivity contribution < 1.29 is 19.1 Å². The average Bonchev–Trinajstić information content (AvgIpc) is 3.48. The Hall–Kier alpha value is -3.54. The van der Waals surface area contributed by atoms with E-state index in [-0.39, 0.29) is 30.4 Å². The van der Waals surface area contributed by atoms with Crippen molar-refractivity contribution in [1.82, 2.24) is 24.7 Å². The number of fused-ring (bicyclic) bond motifs is 1. The van der Waals surface area contributed by atoms with E-state index >= 15 is 0 Å². The van der Waals surface area contributed by atoms with Gasteiger partial charge in [0.2, 0.25) is 12.7 Å². The average molecular weight is 623 g/mol. The van der Waals surface area contributed by atoms with E-state index in [2.05, 4.69) is 20.9 Å². The number of benzene rings is 2. The Labute approximate surface area is 260 Å². The van der Waals surface area contributed by atoms with Crippen LogP contribution in [0.1, 0.15) is 28.4 Å². The molecule has 3 aliphatic heterocycles. The fraction of sp³-hybridized carbons (Fsp3) is 0.419. The van der Waals surface area contributed by atoms with Gasteiger partial charge in [0.1, 0.15) is 11.0 Å². The van der Waals surface area contributed by atoms with E-state index in [0.717, 1.165) is 36.7 Å². The maximum Gasteiger partial charge on any atom is 0.254 e. The Morgan fingerprint density at radius 2 is 1.72 bits per heavy atom. The number of piperazine rings is 2. The van der Waals surface area contributed by atoms with E-state index in [4.69, 9.17) is 26.1 Å². The quantitative estimate of drug-likeness (QED) is 0.221. The second-order valence-electron chi connectivity index (χ2n) is 11.1. The number of rotatable bonds is 7. The van der Waals surface area contributed by atoms with Crippen molar-refractivity contribution in [2.24, 2.45) is 0 Å². The van der Waals surface area contributed by atoms with Gasteiger partial charge < -0.3 is 24.2 Å². The van der Waals surface area contributed by atoms with E-state index in [1.165, 1.54) is 17.3 Å². The molecule has 2 aromatic carbocycles. The maximum atomic E-state index is 13.1. The van der Waals surface area contributed by atoms with Crippen molar-refractivity contribution in [3.8, 4) is 11.5 Å². The lowest BCUT2D eigenvalue weighted by molar-refractivity contribution is -0.130. The van der Waals surface area contributed by atoms with Gasteiger partial charge in [0.25, 0.3) is 5.91 Å². The number of aryl methyl sites for hydroxylation is 1. The number of hydrogen-bond donors (Lipinski definition) is 0. The van der Waals surface area contributed by atoms with Gasteiger partial charge in [-0.05, 0) is 43.7 Å². The molecule has 3 aromatic rings. The van der Waals surface area contributed by atoms with Gasteiger partial charge in [0, 0.05) is 70.0 Å². The largest absolute Gasteiger partial charge is 0.454 e. The van der Waals surface area contributed by atoms with E-state index in [1.807, 2.05) is 60.0 Å². The Kier molecular flexibility index (Phi) is 8.92. The minimum atomic E-state index is -0.00214. The molecule has 1 atom stereocenters. The molecule has 6 rings (SSSR count). The molecule has 10 nitrogen and oxygen atoms in total. The fourth-order valence-corrected chi connectivity index (χ4v) is 6.60. The van der Waals surface area contributed by atoms with Gasteiger partial charge in [-0.2, -0.15) is 0 Å². The summed E-state index contributed by atoms with van der Waals surface area (Å²) in [6, 6.07) is 15.5. The number of ether oxygens (including phenoxy) is 2. The monoisotopic (exact) mass is 622 g/mol. The minimum absolute atomic E-state index is 0.00214. The number of halogens is 1. The summed E-state index contributed by atoms with van der Waals surface area (Å²) in [6.07, 6.45) is 0. The number of thioether (sulfide) groups is 1. The molecule has 12 heteroatoms. The smallest absolute Gasteiger partial charge is 0.254 e. The molecule has 4 heterocycles. The third-order valence-electron chi connectivity index (χ3n) is 8.06. The molecule has 0 N–H and O–H groups in total. The molecular formula is C31H35ClN6O4S. The first-order chi connectivity index (χ1) is 20.8. The fourth-order valence-electron chi connectivity index (χ4n) is 5.61.